The maximum atomic E-state index is 13.2. The number of benzene rings is 2. The van der Waals surface area contributed by atoms with Crippen LogP contribution >= 0.6 is 0 Å². The van der Waals surface area contributed by atoms with E-state index in [4.69, 9.17) is 0 Å². The van der Waals surface area contributed by atoms with Crippen LogP contribution in [0.3, 0.4) is 0 Å². The first kappa shape index (κ1) is 18.5. The molecule has 1 atom stereocenters. The second kappa shape index (κ2) is 7.74. The van der Waals surface area contributed by atoms with Crippen molar-refractivity contribution in [1.82, 2.24) is 20.1 Å². The summed E-state index contributed by atoms with van der Waals surface area (Å²) < 4.78 is 0. The zero-order chi connectivity index (χ0) is 20.5. The summed E-state index contributed by atoms with van der Waals surface area (Å²) >= 11 is 0. The number of hydrazone groups is 1. The van der Waals surface area contributed by atoms with Gasteiger partial charge in [0.2, 0.25) is 5.91 Å². The van der Waals surface area contributed by atoms with Gasteiger partial charge in [0.25, 0.3) is 5.91 Å². The van der Waals surface area contributed by atoms with E-state index in [1.807, 2.05) is 60.8 Å². The molecule has 0 spiro atoms. The summed E-state index contributed by atoms with van der Waals surface area (Å²) in [4.78, 5) is 27.9. The van der Waals surface area contributed by atoms with Gasteiger partial charge in [-0.05, 0) is 24.5 Å². The van der Waals surface area contributed by atoms with Crippen LogP contribution in [0.2, 0.25) is 0 Å². The molecule has 2 aliphatic heterocycles. The molecule has 3 heterocycles. The number of para-hydroxylation sites is 1. The van der Waals surface area contributed by atoms with Crippen molar-refractivity contribution in [2.75, 3.05) is 13.1 Å². The van der Waals surface area contributed by atoms with E-state index in [1.54, 1.807) is 9.91 Å². The lowest BCUT2D eigenvalue weighted by atomic mass is 9.94. The maximum absolute atomic E-state index is 13.2. The molecule has 0 aliphatic carbocycles. The second-order valence-corrected chi connectivity index (χ2v) is 7.83. The Balaban J connectivity index is 1.25. The van der Waals surface area contributed by atoms with Crippen LogP contribution in [0.1, 0.15) is 41.4 Å². The van der Waals surface area contributed by atoms with E-state index in [2.05, 4.69) is 15.3 Å². The lowest BCUT2D eigenvalue weighted by Gasteiger charge is -2.33. The smallest absolute Gasteiger partial charge is 0.274 e. The van der Waals surface area contributed by atoms with Crippen LogP contribution in [0.4, 0.5) is 0 Å². The van der Waals surface area contributed by atoms with Gasteiger partial charge in [-0.2, -0.15) is 10.2 Å². The van der Waals surface area contributed by atoms with Crippen molar-refractivity contribution in [2.45, 2.75) is 25.3 Å². The van der Waals surface area contributed by atoms with Crippen molar-refractivity contribution in [3.8, 4) is 0 Å². The molecule has 1 aromatic heterocycles. The predicted octanol–water partition coefficient (Wildman–Crippen LogP) is 3.37. The molecule has 1 N–H and O–H groups in total. The average Bonchev–Trinajstić information content (AvgIpc) is 3.46. The Labute approximate surface area is 174 Å². The van der Waals surface area contributed by atoms with Crippen molar-refractivity contribution in [3.63, 3.8) is 0 Å². The van der Waals surface area contributed by atoms with E-state index < -0.39 is 0 Å². The van der Waals surface area contributed by atoms with Gasteiger partial charge in [0.15, 0.2) is 5.69 Å². The monoisotopic (exact) mass is 401 g/mol. The summed E-state index contributed by atoms with van der Waals surface area (Å²) in [6.45, 7) is 1.09. The second-order valence-electron chi connectivity index (χ2n) is 7.83. The third-order valence-electron chi connectivity index (χ3n) is 6.04. The molecule has 7 nitrogen and oxygen atoms in total. The van der Waals surface area contributed by atoms with E-state index >= 15 is 0 Å². The van der Waals surface area contributed by atoms with Crippen LogP contribution in [-0.2, 0) is 4.79 Å². The molecule has 5 rings (SSSR count). The van der Waals surface area contributed by atoms with Crippen LogP contribution in [0.25, 0.3) is 10.9 Å². The number of carbonyl (C=O) groups excluding carboxylic acids is 2. The number of carbonyl (C=O) groups is 2. The van der Waals surface area contributed by atoms with E-state index in [1.165, 1.54) is 0 Å². The van der Waals surface area contributed by atoms with Crippen LogP contribution in [0, 0.1) is 5.92 Å². The molecule has 2 aliphatic rings. The van der Waals surface area contributed by atoms with Crippen molar-refractivity contribution in [1.29, 1.82) is 0 Å². The number of nitrogens with one attached hydrogen (secondary N) is 1. The summed E-state index contributed by atoms with van der Waals surface area (Å²) in [5.41, 5.74) is 2.40. The SMILES string of the molecule is O=C(c1n[nH]c2ccccc12)N1CCC(C(=O)N2N=CCC2c2ccccc2)CC1. The van der Waals surface area contributed by atoms with Crippen LogP contribution in [-0.4, -0.2) is 51.2 Å². The Morgan fingerprint density at radius 2 is 1.70 bits per heavy atom. The number of amides is 2. The molecule has 0 saturated carbocycles. The summed E-state index contributed by atoms with van der Waals surface area (Å²) in [5, 5.41) is 14.0. The highest BCUT2D eigenvalue weighted by Gasteiger charge is 2.36. The number of hydrogen-bond donors (Lipinski definition) is 1. The fourth-order valence-corrected chi connectivity index (χ4v) is 4.37. The lowest BCUT2D eigenvalue weighted by Crippen LogP contribution is -2.43. The van der Waals surface area contributed by atoms with E-state index in [-0.39, 0.29) is 23.8 Å². The number of aromatic nitrogens is 2. The van der Waals surface area contributed by atoms with Crippen molar-refractivity contribution in [3.05, 3.63) is 65.9 Å². The minimum Gasteiger partial charge on any atom is -0.337 e. The Morgan fingerprint density at radius 1 is 0.967 bits per heavy atom. The molecule has 152 valence electrons. The van der Waals surface area contributed by atoms with Gasteiger partial charge in [0, 0.05) is 37.0 Å². The topological polar surface area (TPSA) is 81.7 Å². The van der Waals surface area contributed by atoms with Crippen LogP contribution in [0.5, 0.6) is 0 Å². The number of hydrogen-bond acceptors (Lipinski definition) is 4. The van der Waals surface area contributed by atoms with Crippen molar-refractivity contribution >= 4 is 28.9 Å². The molecule has 1 fully saturated rings. The number of H-pyrrole nitrogens is 1. The summed E-state index contributed by atoms with van der Waals surface area (Å²) in [6.07, 6.45) is 3.83. The fraction of sp³-hybridized carbons (Fsp3) is 0.304. The normalized spacial score (nSPS) is 19.5. The van der Waals surface area contributed by atoms with E-state index in [9.17, 15) is 9.59 Å². The number of nitrogens with zero attached hydrogens (tertiary/aromatic N) is 4. The first-order valence-electron chi connectivity index (χ1n) is 10.3. The Kier molecular flexibility index (Phi) is 4.78. The first-order valence-corrected chi connectivity index (χ1v) is 10.3. The average molecular weight is 401 g/mol. The molecule has 2 aromatic carbocycles. The van der Waals surface area contributed by atoms with Crippen LogP contribution < -0.4 is 0 Å². The summed E-state index contributed by atoms with van der Waals surface area (Å²) in [6, 6.07) is 17.6. The molecule has 1 saturated heterocycles. The maximum Gasteiger partial charge on any atom is 0.274 e. The van der Waals surface area contributed by atoms with Gasteiger partial charge in [0.1, 0.15) is 0 Å². The zero-order valence-corrected chi connectivity index (χ0v) is 16.6. The zero-order valence-electron chi connectivity index (χ0n) is 16.6. The van der Waals surface area contributed by atoms with Gasteiger partial charge < -0.3 is 4.90 Å². The number of aromatic amines is 1. The molecule has 2 amide bonds. The minimum atomic E-state index is -0.119. The predicted molar refractivity (Wildman–Crippen MR) is 114 cm³/mol. The Bertz CT molecular complexity index is 1100. The highest BCUT2D eigenvalue weighted by molar-refractivity contribution is 6.04. The van der Waals surface area contributed by atoms with Crippen LogP contribution in [0.15, 0.2) is 59.7 Å². The highest BCUT2D eigenvalue weighted by atomic mass is 16.2. The van der Waals surface area contributed by atoms with Gasteiger partial charge in [-0.15, -0.1) is 0 Å². The largest absolute Gasteiger partial charge is 0.337 e. The molecular weight excluding hydrogens is 378 g/mol. The minimum absolute atomic E-state index is 0.0335. The van der Waals surface area contributed by atoms with Gasteiger partial charge >= 0.3 is 0 Å². The third-order valence-corrected chi connectivity index (χ3v) is 6.04. The lowest BCUT2D eigenvalue weighted by molar-refractivity contribution is -0.138. The number of likely N-dealkylation sites (tertiary alicyclic amines) is 1. The first-order chi connectivity index (χ1) is 14.7. The number of piperidine rings is 1. The van der Waals surface area contributed by atoms with E-state index in [0.717, 1.165) is 22.9 Å². The van der Waals surface area contributed by atoms with Gasteiger partial charge in [-0.3, -0.25) is 14.7 Å². The van der Waals surface area contributed by atoms with Crippen molar-refractivity contribution < 1.29 is 9.59 Å². The molecular formula is C23H23N5O2. The summed E-state index contributed by atoms with van der Waals surface area (Å²) in [5.74, 6) is -0.152. The molecule has 7 heteroatoms. The Morgan fingerprint density at radius 3 is 2.50 bits per heavy atom. The van der Waals surface area contributed by atoms with Gasteiger partial charge in [-0.1, -0.05) is 48.5 Å². The molecule has 0 bridgehead atoms. The molecule has 1 unspecified atom stereocenters. The van der Waals surface area contributed by atoms with E-state index in [0.29, 0.717) is 31.6 Å². The van der Waals surface area contributed by atoms with Gasteiger partial charge in [0.05, 0.1) is 11.6 Å². The standard InChI is InChI=1S/C23H23N5O2/c29-22(28-20(10-13-24-28)16-6-2-1-3-7-16)17-11-14-27(15-12-17)23(30)21-18-8-4-5-9-19(18)25-26-21/h1-9,13,17,20H,10-12,14-15H2,(H,25,26). The highest BCUT2D eigenvalue weighted by Crippen LogP contribution is 2.32. The third kappa shape index (κ3) is 3.26. The fourth-order valence-electron chi connectivity index (χ4n) is 4.37. The molecule has 30 heavy (non-hydrogen) atoms. The molecule has 0 radical (unpaired) electrons. The Hall–Kier alpha value is -3.48. The number of rotatable bonds is 3. The van der Waals surface area contributed by atoms with Gasteiger partial charge in [-0.25, -0.2) is 5.01 Å². The quantitative estimate of drug-likeness (QED) is 0.731. The summed E-state index contributed by atoms with van der Waals surface area (Å²) in [7, 11) is 0. The van der Waals surface area contributed by atoms with Crippen molar-refractivity contribution in [2.24, 2.45) is 11.0 Å². The number of fused-ring (bicyclic) bond motifs is 1. The molecule has 3 aromatic rings.